The Morgan fingerprint density at radius 1 is 0.703 bits per heavy atom. The Balaban J connectivity index is 1.04. The normalized spacial score (nSPS) is 50.3. The summed E-state index contributed by atoms with van der Waals surface area (Å²) >= 11 is 0. The van der Waals surface area contributed by atoms with Gasteiger partial charge < -0.3 is 72.5 Å². The Morgan fingerprint density at radius 3 is 1.73 bits per heavy atom. The van der Waals surface area contributed by atoms with E-state index in [-0.39, 0.29) is 24.7 Å². The van der Waals surface area contributed by atoms with Gasteiger partial charge in [0.2, 0.25) is 0 Å². The van der Waals surface area contributed by atoms with Gasteiger partial charge in [-0.1, -0.05) is 25.5 Å². The quantitative estimate of drug-likeness (QED) is 0.163. The second kappa shape index (κ2) is 18.7. The average molecular weight is 913 g/mol. The molecule has 0 bridgehead atoms. The van der Waals surface area contributed by atoms with E-state index in [2.05, 4.69) is 0 Å². The SMILES string of the molecule is COC1CC(OC2C(C)OC(OC3C(C)OC(OC4CCC5(C)C(=CCC6(O)C5C(OC(C)=O)C(OC(C)=O)C5(C)C(C(C)=O)CC(O)C65O)C4)CC3OC)CC2OC)OC(C)C1O. The maximum Gasteiger partial charge on any atom is 0.303 e. The summed E-state index contributed by atoms with van der Waals surface area (Å²) in [6.07, 6.45) is -6.88. The lowest BCUT2D eigenvalue weighted by molar-refractivity contribution is -0.345. The minimum absolute atomic E-state index is 0.125. The van der Waals surface area contributed by atoms with Gasteiger partial charge in [-0.2, -0.15) is 0 Å². The number of methoxy groups -OCH3 is 3. The topological polar surface area (TPSA) is 234 Å². The van der Waals surface area contributed by atoms with Crippen LogP contribution in [0.4, 0.5) is 0 Å². The molecule has 0 radical (unpaired) electrons. The van der Waals surface area contributed by atoms with Crippen LogP contribution in [-0.2, 0) is 66.5 Å². The second-order valence-electron chi connectivity index (χ2n) is 19.9. The minimum Gasteiger partial charge on any atom is -0.458 e. The summed E-state index contributed by atoms with van der Waals surface area (Å²) in [5.41, 5.74) is -6.15. The Kier molecular flexibility index (Phi) is 14.6. The van der Waals surface area contributed by atoms with Crippen molar-refractivity contribution < 1.29 is 86.9 Å². The highest BCUT2D eigenvalue weighted by atomic mass is 16.7. The maximum absolute atomic E-state index is 13.2. The van der Waals surface area contributed by atoms with Crippen molar-refractivity contribution in [3.63, 3.8) is 0 Å². The van der Waals surface area contributed by atoms with E-state index in [4.69, 9.17) is 52.1 Å². The Labute approximate surface area is 375 Å². The first-order chi connectivity index (χ1) is 30.1. The van der Waals surface area contributed by atoms with Crippen molar-refractivity contribution in [1.82, 2.24) is 0 Å². The van der Waals surface area contributed by atoms with Gasteiger partial charge in [-0.05, 0) is 65.2 Å². The molecule has 64 heavy (non-hydrogen) atoms. The van der Waals surface area contributed by atoms with Gasteiger partial charge in [0.15, 0.2) is 18.9 Å². The summed E-state index contributed by atoms with van der Waals surface area (Å²) in [5.74, 6) is -3.82. The fourth-order valence-electron chi connectivity index (χ4n) is 13.1. The van der Waals surface area contributed by atoms with Gasteiger partial charge in [-0.15, -0.1) is 0 Å². The van der Waals surface area contributed by atoms with Crippen LogP contribution < -0.4 is 0 Å². The number of ketones is 1. The molecule has 0 aromatic rings. The summed E-state index contributed by atoms with van der Waals surface area (Å²) in [5, 5.41) is 47.9. The third-order valence-electron chi connectivity index (χ3n) is 16.2. The van der Waals surface area contributed by atoms with Crippen molar-refractivity contribution in [2.45, 2.75) is 216 Å². The molecule has 0 aromatic carbocycles. The number of aliphatic hydroxyl groups is 4. The highest BCUT2D eigenvalue weighted by Gasteiger charge is 2.83. The standard InChI is InChI=1S/C46H72O18/c1-21(47)29-17-33(50)46(53)44(29,8)42(61-26(6)49)40(60-25(5)48)41-43(7)14-13-28(16-27(43)12-15-45(41,46)52)62-34-19-31(55-10)38(23(3)58-34)64-36-20-32(56-11)39(24(4)59-36)63-35-18-30(54-9)37(51)22(2)57-35/h12,22-24,28-42,50-53H,13-20H2,1-11H3. The molecular weight excluding hydrogens is 840 g/mol. The maximum atomic E-state index is 13.2. The summed E-state index contributed by atoms with van der Waals surface area (Å²) < 4.78 is 67.7. The lowest BCUT2D eigenvalue weighted by Gasteiger charge is -2.68. The van der Waals surface area contributed by atoms with Gasteiger partial charge in [0.05, 0.1) is 54.2 Å². The third-order valence-corrected chi connectivity index (χ3v) is 16.2. The van der Waals surface area contributed by atoms with Crippen LogP contribution in [0.25, 0.3) is 0 Å². The van der Waals surface area contributed by atoms with Gasteiger partial charge in [-0.3, -0.25) is 14.4 Å². The van der Waals surface area contributed by atoms with Crippen molar-refractivity contribution in [3.8, 4) is 0 Å². The zero-order chi connectivity index (χ0) is 46.8. The number of rotatable bonds is 12. The Bertz CT molecular complexity index is 1740. The van der Waals surface area contributed by atoms with Gasteiger partial charge in [0, 0.05) is 66.3 Å². The van der Waals surface area contributed by atoms with Crippen molar-refractivity contribution in [2.24, 2.45) is 22.7 Å². The van der Waals surface area contributed by atoms with Gasteiger partial charge in [0.25, 0.3) is 0 Å². The largest absolute Gasteiger partial charge is 0.458 e. The highest BCUT2D eigenvalue weighted by Crippen LogP contribution is 2.70. The molecular formula is C46H72O18. The first-order valence-corrected chi connectivity index (χ1v) is 22.9. The third kappa shape index (κ3) is 8.31. The van der Waals surface area contributed by atoms with E-state index in [0.29, 0.717) is 38.5 Å². The number of carbonyl (C=O) groups is 3. The molecule has 3 heterocycles. The van der Waals surface area contributed by atoms with E-state index < -0.39 is 138 Å². The van der Waals surface area contributed by atoms with Crippen LogP contribution in [0.15, 0.2) is 11.6 Å². The molecule has 18 nitrogen and oxygen atoms in total. The van der Waals surface area contributed by atoms with Gasteiger partial charge >= 0.3 is 11.9 Å². The molecule has 18 heteroatoms. The van der Waals surface area contributed by atoms with E-state index in [9.17, 15) is 34.8 Å². The van der Waals surface area contributed by atoms with Crippen LogP contribution in [0.5, 0.6) is 0 Å². The first-order valence-electron chi connectivity index (χ1n) is 22.9. The summed E-state index contributed by atoms with van der Waals surface area (Å²) in [4.78, 5) is 38.8. The van der Waals surface area contributed by atoms with E-state index in [1.807, 2.05) is 26.8 Å². The summed E-state index contributed by atoms with van der Waals surface area (Å²) in [6.45, 7) is 12.8. The number of carbonyl (C=O) groups excluding carboxylic acids is 3. The number of hydrogen-bond acceptors (Lipinski definition) is 18. The van der Waals surface area contributed by atoms with Crippen LogP contribution in [0.3, 0.4) is 0 Å². The monoisotopic (exact) mass is 912 g/mol. The predicted molar refractivity (Wildman–Crippen MR) is 222 cm³/mol. The number of fused-ring (bicyclic) bond motifs is 5. The number of hydrogen-bond donors (Lipinski definition) is 4. The molecule has 22 unspecified atom stereocenters. The molecule has 0 spiro atoms. The molecule has 3 aliphatic heterocycles. The molecule has 22 atom stereocenters. The molecule has 7 rings (SSSR count). The zero-order valence-electron chi connectivity index (χ0n) is 39.1. The fourth-order valence-corrected chi connectivity index (χ4v) is 13.1. The number of Topliss-reactive ketones (excluding diaryl/α,β-unsaturated/α-hetero) is 1. The van der Waals surface area contributed by atoms with E-state index in [0.717, 1.165) is 5.57 Å². The van der Waals surface area contributed by atoms with Crippen LogP contribution in [-0.4, -0.2) is 169 Å². The van der Waals surface area contributed by atoms with Crippen molar-refractivity contribution in [1.29, 1.82) is 0 Å². The lowest BCUT2D eigenvalue weighted by atomic mass is 9.41. The van der Waals surface area contributed by atoms with Crippen molar-refractivity contribution in [2.75, 3.05) is 21.3 Å². The Morgan fingerprint density at radius 2 is 1.22 bits per heavy atom. The molecule has 4 aliphatic carbocycles. The van der Waals surface area contributed by atoms with E-state index in [1.165, 1.54) is 27.7 Å². The van der Waals surface area contributed by atoms with Crippen LogP contribution in [0, 0.1) is 22.7 Å². The highest BCUT2D eigenvalue weighted by molar-refractivity contribution is 5.81. The van der Waals surface area contributed by atoms with Gasteiger partial charge in [-0.25, -0.2) is 0 Å². The van der Waals surface area contributed by atoms with E-state index >= 15 is 0 Å². The number of aliphatic hydroxyl groups excluding tert-OH is 2. The van der Waals surface area contributed by atoms with Crippen molar-refractivity contribution in [3.05, 3.63) is 11.6 Å². The van der Waals surface area contributed by atoms with Gasteiger partial charge in [0.1, 0.15) is 47.5 Å². The second-order valence-corrected chi connectivity index (χ2v) is 19.9. The Hall–Kier alpha value is -2.17. The molecule has 3 saturated heterocycles. The minimum atomic E-state index is -2.32. The van der Waals surface area contributed by atoms with E-state index in [1.54, 1.807) is 28.3 Å². The number of ether oxygens (including phenoxy) is 11. The summed E-state index contributed by atoms with van der Waals surface area (Å²) in [7, 11) is 4.78. The van der Waals surface area contributed by atoms with Crippen LogP contribution in [0.1, 0.15) is 107 Å². The average Bonchev–Trinajstić information content (AvgIpc) is 3.45. The van der Waals surface area contributed by atoms with Crippen LogP contribution >= 0.6 is 0 Å². The fraction of sp³-hybridized carbons (Fsp3) is 0.891. The van der Waals surface area contributed by atoms with Crippen molar-refractivity contribution >= 4 is 17.7 Å². The molecule has 7 aliphatic rings. The predicted octanol–water partition coefficient (Wildman–Crippen LogP) is 2.40. The molecule has 364 valence electrons. The number of esters is 2. The molecule has 4 N–H and O–H groups in total. The first kappa shape index (κ1) is 49.7. The van der Waals surface area contributed by atoms with Crippen LogP contribution in [0.2, 0.25) is 0 Å². The lowest BCUT2D eigenvalue weighted by Crippen LogP contribution is -2.82. The molecule has 0 aromatic heterocycles. The smallest absolute Gasteiger partial charge is 0.303 e. The summed E-state index contributed by atoms with van der Waals surface area (Å²) in [6, 6.07) is 0. The molecule has 6 fully saturated rings. The molecule has 0 amide bonds. The zero-order valence-corrected chi connectivity index (χ0v) is 39.1. The molecule has 3 saturated carbocycles.